The Hall–Kier alpha value is -0.690. The van der Waals surface area contributed by atoms with Gasteiger partial charge in [0, 0.05) is 23.8 Å². The van der Waals surface area contributed by atoms with Crippen LogP contribution in [-0.4, -0.2) is 13.1 Å². The molecule has 1 aromatic carbocycles. The molecule has 0 saturated heterocycles. The van der Waals surface area contributed by atoms with Gasteiger partial charge in [0.05, 0.1) is 0 Å². The molecule has 16 heavy (non-hydrogen) atoms. The summed E-state index contributed by atoms with van der Waals surface area (Å²) in [5, 5.41) is 0.875. The lowest BCUT2D eigenvalue weighted by Crippen LogP contribution is -2.33. The molecule has 0 N–H and O–H groups in total. The average Bonchev–Trinajstić information content (AvgIpc) is 2.33. The first-order valence-corrected chi connectivity index (χ1v) is 6.56. The van der Waals surface area contributed by atoms with Gasteiger partial charge in [-0.25, -0.2) is 0 Å². The second kappa shape index (κ2) is 5.09. The second-order valence-corrected chi connectivity index (χ2v) is 5.19. The Morgan fingerprint density at radius 1 is 1.19 bits per heavy atom. The van der Waals surface area contributed by atoms with Crippen LogP contribution >= 0.6 is 11.6 Å². The molecule has 0 heterocycles. The van der Waals surface area contributed by atoms with Crippen molar-refractivity contribution < 1.29 is 0 Å². The Morgan fingerprint density at radius 3 is 2.56 bits per heavy atom. The van der Waals surface area contributed by atoms with Crippen LogP contribution in [0.5, 0.6) is 0 Å². The van der Waals surface area contributed by atoms with Crippen LogP contribution in [0.15, 0.2) is 18.2 Å². The highest BCUT2D eigenvalue weighted by Crippen LogP contribution is 2.30. The fraction of sp³-hybridized carbons (Fsp3) is 0.571. The van der Waals surface area contributed by atoms with E-state index in [2.05, 4.69) is 24.9 Å². The summed E-state index contributed by atoms with van der Waals surface area (Å²) in [6.45, 7) is 2.11. The number of hydrogen-bond acceptors (Lipinski definition) is 1. The number of anilines is 1. The van der Waals surface area contributed by atoms with Gasteiger partial charge >= 0.3 is 0 Å². The minimum absolute atomic E-state index is 0.700. The summed E-state index contributed by atoms with van der Waals surface area (Å²) < 4.78 is 0. The molecule has 2 heteroatoms. The van der Waals surface area contributed by atoms with Gasteiger partial charge in [0.25, 0.3) is 0 Å². The quantitative estimate of drug-likeness (QED) is 0.736. The van der Waals surface area contributed by atoms with E-state index in [1.54, 1.807) is 0 Å². The van der Waals surface area contributed by atoms with Crippen LogP contribution in [0.2, 0.25) is 5.02 Å². The van der Waals surface area contributed by atoms with Gasteiger partial charge in [-0.1, -0.05) is 36.9 Å². The molecule has 1 aliphatic carbocycles. The van der Waals surface area contributed by atoms with Crippen molar-refractivity contribution in [3.8, 4) is 0 Å². The average molecular weight is 238 g/mol. The van der Waals surface area contributed by atoms with E-state index in [1.165, 1.54) is 43.4 Å². The van der Waals surface area contributed by atoms with E-state index in [1.807, 2.05) is 12.1 Å². The molecule has 1 nitrogen and oxygen atoms in total. The molecule has 0 aliphatic heterocycles. The molecular weight excluding hydrogens is 218 g/mol. The van der Waals surface area contributed by atoms with Gasteiger partial charge in [-0.3, -0.25) is 0 Å². The van der Waals surface area contributed by atoms with Gasteiger partial charge in [-0.15, -0.1) is 0 Å². The summed E-state index contributed by atoms with van der Waals surface area (Å²) in [5.41, 5.74) is 2.50. The Morgan fingerprint density at radius 2 is 1.88 bits per heavy atom. The van der Waals surface area contributed by atoms with Crippen molar-refractivity contribution in [2.75, 3.05) is 11.9 Å². The van der Waals surface area contributed by atoms with Crippen molar-refractivity contribution in [2.24, 2.45) is 0 Å². The molecule has 1 aromatic rings. The van der Waals surface area contributed by atoms with Gasteiger partial charge < -0.3 is 4.90 Å². The third kappa shape index (κ3) is 2.35. The number of rotatable bonds is 2. The van der Waals surface area contributed by atoms with Gasteiger partial charge in [-0.05, 0) is 37.5 Å². The summed E-state index contributed by atoms with van der Waals surface area (Å²) in [7, 11) is 2.20. The van der Waals surface area contributed by atoms with Crippen LogP contribution in [0.1, 0.15) is 37.7 Å². The topological polar surface area (TPSA) is 3.24 Å². The largest absolute Gasteiger partial charge is 0.371 e. The Bertz CT molecular complexity index is 356. The fourth-order valence-electron chi connectivity index (χ4n) is 2.64. The van der Waals surface area contributed by atoms with Gasteiger partial charge in [0.15, 0.2) is 0 Å². The zero-order chi connectivity index (χ0) is 11.5. The SMILES string of the molecule is Cc1c(Cl)cccc1N(C)C1CCCCC1. The van der Waals surface area contributed by atoms with Gasteiger partial charge in [0.1, 0.15) is 0 Å². The first kappa shape index (κ1) is 11.8. The van der Waals surface area contributed by atoms with E-state index in [9.17, 15) is 0 Å². The van der Waals surface area contributed by atoms with Crippen molar-refractivity contribution in [1.29, 1.82) is 0 Å². The van der Waals surface area contributed by atoms with Gasteiger partial charge in [-0.2, -0.15) is 0 Å². The van der Waals surface area contributed by atoms with E-state index in [0.29, 0.717) is 6.04 Å². The maximum atomic E-state index is 6.17. The lowest BCUT2D eigenvalue weighted by atomic mass is 9.94. The Balaban J connectivity index is 2.19. The third-order valence-corrected chi connectivity index (χ3v) is 4.15. The Labute approximate surface area is 103 Å². The van der Waals surface area contributed by atoms with Crippen LogP contribution in [0.3, 0.4) is 0 Å². The van der Waals surface area contributed by atoms with Crippen LogP contribution < -0.4 is 4.90 Å². The van der Waals surface area contributed by atoms with Crippen molar-refractivity contribution in [2.45, 2.75) is 45.1 Å². The number of hydrogen-bond donors (Lipinski definition) is 0. The first-order valence-electron chi connectivity index (χ1n) is 6.18. The van der Waals surface area contributed by atoms with E-state index in [-0.39, 0.29) is 0 Å². The first-order chi connectivity index (χ1) is 7.70. The maximum Gasteiger partial charge on any atom is 0.0455 e. The van der Waals surface area contributed by atoms with Crippen LogP contribution in [0, 0.1) is 6.92 Å². The molecule has 1 fully saturated rings. The van der Waals surface area contributed by atoms with Crippen molar-refractivity contribution in [1.82, 2.24) is 0 Å². The van der Waals surface area contributed by atoms with Crippen LogP contribution in [0.4, 0.5) is 5.69 Å². The summed E-state index contributed by atoms with van der Waals surface area (Å²) in [6.07, 6.45) is 6.78. The molecule has 88 valence electrons. The molecule has 0 bridgehead atoms. The van der Waals surface area contributed by atoms with Crippen molar-refractivity contribution >= 4 is 17.3 Å². The second-order valence-electron chi connectivity index (χ2n) is 4.79. The molecule has 0 unspecified atom stereocenters. The number of halogens is 1. The standard InChI is InChI=1S/C14H20ClN/c1-11-13(15)9-6-10-14(11)16(2)12-7-4-3-5-8-12/h6,9-10,12H,3-5,7-8H2,1-2H3. The lowest BCUT2D eigenvalue weighted by Gasteiger charge is -2.34. The minimum Gasteiger partial charge on any atom is -0.371 e. The molecule has 0 spiro atoms. The predicted octanol–water partition coefficient (Wildman–Crippen LogP) is 4.42. The highest BCUT2D eigenvalue weighted by atomic mass is 35.5. The summed E-state index contributed by atoms with van der Waals surface area (Å²) >= 11 is 6.17. The maximum absolute atomic E-state index is 6.17. The highest BCUT2D eigenvalue weighted by Gasteiger charge is 2.19. The predicted molar refractivity (Wildman–Crippen MR) is 71.5 cm³/mol. The molecule has 1 aliphatic rings. The zero-order valence-electron chi connectivity index (χ0n) is 10.2. The van der Waals surface area contributed by atoms with Crippen LogP contribution in [0.25, 0.3) is 0 Å². The van der Waals surface area contributed by atoms with E-state index >= 15 is 0 Å². The molecule has 0 radical (unpaired) electrons. The zero-order valence-corrected chi connectivity index (χ0v) is 10.9. The molecular formula is C14H20ClN. The molecule has 0 atom stereocenters. The van der Waals surface area contributed by atoms with Crippen molar-refractivity contribution in [3.63, 3.8) is 0 Å². The third-order valence-electron chi connectivity index (χ3n) is 3.74. The minimum atomic E-state index is 0.700. The van der Waals surface area contributed by atoms with E-state index < -0.39 is 0 Å². The Kier molecular flexibility index (Phi) is 3.75. The lowest BCUT2D eigenvalue weighted by molar-refractivity contribution is 0.427. The summed E-state index contributed by atoms with van der Waals surface area (Å²) in [6, 6.07) is 6.89. The molecule has 0 amide bonds. The number of benzene rings is 1. The molecule has 2 rings (SSSR count). The highest BCUT2D eigenvalue weighted by molar-refractivity contribution is 6.31. The van der Waals surface area contributed by atoms with E-state index in [0.717, 1.165) is 5.02 Å². The summed E-state index contributed by atoms with van der Waals surface area (Å²) in [4.78, 5) is 2.42. The molecule has 1 saturated carbocycles. The smallest absolute Gasteiger partial charge is 0.0455 e. The monoisotopic (exact) mass is 237 g/mol. The normalized spacial score (nSPS) is 17.4. The van der Waals surface area contributed by atoms with E-state index in [4.69, 9.17) is 11.6 Å². The van der Waals surface area contributed by atoms with Crippen molar-refractivity contribution in [3.05, 3.63) is 28.8 Å². The summed E-state index contributed by atoms with van der Waals surface area (Å²) in [5.74, 6) is 0. The number of nitrogens with zero attached hydrogens (tertiary/aromatic N) is 1. The van der Waals surface area contributed by atoms with Crippen LogP contribution in [-0.2, 0) is 0 Å². The fourth-order valence-corrected chi connectivity index (χ4v) is 2.81. The van der Waals surface area contributed by atoms with Gasteiger partial charge in [0.2, 0.25) is 0 Å². The molecule has 0 aromatic heterocycles.